The third-order valence-corrected chi connectivity index (χ3v) is 5.01. The Bertz CT molecular complexity index is 731. The quantitative estimate of drug-likeness (QED) is 0.370. The van der Waals surface area contributed by atoms with Gasteiger partial charge in [-0.25, -0.2) is 4.98 Å². The van der Waals surface area contributed by atoms with Crippen molar-refractivity contribution in [3.63, 3.8) is 0 Å². The molecule has 0 bridgehead atoms. The molecule has 0 amide bonds. The van der Waals surface area contributed by atoms with E-state index in [0.29, 0.717) is 26.4 Å². The van der Waals surface area contributed by atoms with Gasteiger partial charge in [0.1, 0.15) is 0 Å². The van der Waals surface area contributed by atoms with Crippen molar-refractivity contribution in [2.75, 3.05) is 26.9 Å². The summed E-state index contributed by atoms with van der Waals surface area (Å²) in [6.07, 6.45) is 0. The first-order valence-electron chi connectivity index (χ1n) is 9.23. The summed E-state index contributed by atoms with van der Waals surface area (Å²) in [4.78, 5) is 9.99. The maximum Gasteiger partial charge on any atom is 0.191 e. The van der Waals surface area contributed by atoms with Crippen LogP contribution >= 0.6 is 11.3 Å². The van der Waals surface area contributed by atoms with E-state index in [1.54, 1.807) is 18.4 Å². The highest BCUT2D eigenvalue weighted by Crippen LogP contribution is 2.16. The molecule has 0 saturated carbocycles. The van der Waals surface area contributed by atoms with E-state index in [4.69, 9.17) is 9.47 Å². The predicted molar refractivity (Wildman–Crippen MR) is 111 cm³/mol. The molecule has 1 heterocycles. The van der Waals surface area contributed by atoms with Gasteiger partial charge in [0.15, 0.2) is 5.96 Å². The fourth-order valence-electron chi connectivity index (χ4n) is 2.59. The molecule has 2 aromatic rings. The average molecular weight is 391 g/mol. The lowest BCUT2D eigenvalue weighted by Crippen LogP contribution is -2.36. The molecular weight excluding hydrogens is 360 g/mol. The summed E-state index contributed by atoms with van der Waals surface area (Å²) in [5.74, 6) is 0.777. The predicted octanol–water partition coefficient (Wildman–Crippen LogP) is 3.18. The maximum absolute atomic E-state index is 5.64. The van der Waals surface area contributed by atoms with Crippen molar-refractivity contribution in [1.29, 1.82) is 0 Å². The van der Waals surface area contributed by atoms with Crippen molar-refractivity contribution in [3.05, 3.63) is 51.0 Å². The molecule has 0 aliphatic carbocycles. The number of hydrogen-bond donors (Lipinski definition) is 2. The van der Waals surface area contributed by atoms with E-state index in [0.717, 1.165) is 35.4 Å². The second-order valence-corrected chi connectivity index (χ2v) is 7.38. The molecule has 148 valence electrons. The van der Waals surface area contributed by atoms with E-state index in [1.165, 1.54) is 10.4 Å². The molecule has 7 heteroatoms. The molecule has 2 rings (SSSR count). The molecular formula is C20H30N4O2S. The number of guanidine groups is 1. The molecule has 0 fully saturated rings. The molecule has 0 aliphatic heterocycles. The van der Waals surface area contributed by atoms with Gasteiger partial charge in [-0.05, 0) is 31.9 Å². The van der Waals surface area contributed by atoms with Gasteiger partial charge in [0.2, 0.25) is 0 Å². The van der Waals surface area contributed by atoms with Crippen molar-refractivity contribution < 1.29 is 9.47 Å². The van der Waals surface area contributed by atoms with Gasteiger partial charge in [-0.2, -0.15) is 0 Å². The Morgan fingerprint density at radius 2 is 1.85 bits per heavy atom. The zero-order valence-corrected chi connectivity index (χ0v) is 17.5. The minimum absolute atomic E-state index is 0.595. The molecule has 0 radical (unpaired) electrons. The lowest BCUT2D eigenvalue weighted by Gasteiger charge is -2.12. The standard InChI is InChI=1S/C20H30N4O2S/c1-5-25-9-10-26-14-18-8-6-7-17(11-18)12-22-20(21-4)23-13-19-15(2)24-16(3)27-19/h6-8,11H,5,9-10,12-14H2,1-4H3,(H2,21,22,23). The number of aromatic nitrogens is 1. The fourth-order valence-corrected chi connectivity index (χ4v) is 3.47. The summed E-state index contributed by atoms with van der Waals surface area (Å²) in [5.41, 5.74) is 3.43. The van der Waals surface area contributed by atoms with E-state index in [9.17, 15) is 0 Å². The van der Waals surface area contributed by atoms with Crippen molar-refractivity contribution in [1.82, 2.24) is 15.6 Å². The van der Waals surface area contributed by atoms with Gasteiger partial charge >= 0.3 is 0 Å². The zero-order chi connectivity index (χ0) is 19.5. The Labute approximate surface area is 166 Å². The van der Waals surface area contributed by atoms with Gasteiger partial charge < -0.3 is 20.1 Å². The molecule has 0 unspecified atom stereocenters. The van der Waals surface area contributed by atoms with Crippen LogP contribution in [0.5, 0.6) is 0 Å². The van der Waals surface area contributed by atoms with Crippen LogP contribution in [0.4, 0.5) is 0 Å². The molecule has 0 aliphatic rings. The Hall–Kier alpha value is -1.96. The largest absolute Gasteiger partial charge is 0.379 e. The van der Waals surface area contributed by atoms with Gasteiger partial charge in [-0.15, -0.1) is 11.3 Å². The summed E-state index contributed by atoms with van der Waals surface area (Å²) in [6, 6.07) is 8.38. The van der Waals surface area contributed by atoms with Crippen LogP contribution in [-0.2, 0) is 29.2 Å². The number of benzene rings is 1. The van der Waals surface area contributed by atoms with Crippen molar-refractivity contribution in [2.45, 2.75) is 40.5 Å². The third-order valence-electron chi connectivity index (χ3n) is 3.94. The molecule has 0 atom stereocenters. The SMILES string of the molecule is CCOCCOCc1cccc(CNC(=NC)NCc2sc(C)nc2C)c1. The van der Waals surface area contributed by atoms with E-state index in [-0.39, 0.29) is 0 Å². The smallest absolute Gasteiger partial charge is 0.191 e. The normalized spacial score (nSPS) is 11.6. The van der Waals surface area contributed by atoms with Crippen LogP contribution in [0.1, 0.15) is 33.6 Å². The minimum atomic E-state index is 0.595. The first kappa shape index (κ1) is 21.3. The van der Waals surface area contributed by atoms with Crippen LogP contribution in [-0.4, -0.2) is 37.8 Å². The van der Waals surface area contributed by atoms with Crippen molar-refractivity contribution >= 4 is 17.3 Å². The molecule has 1 aromatic carbocycles. The molecule has 0 saturated heterocycles. The number of aryl methyl sites for hydroxylation is 2. The Balaban J connectivity index is 1.78. The Morgan fingerprint density at radius 1 is 1.11 bits per heavy atom. The Morgan fingerprint density at radius 3 is 2.56 bits per heavy atom. The molecule has 27 heavy (non-hydrogen) atoms. The van der Waals surface area contributed by atoms with E-state index in [1.807, 2.05) is 20.8 Å². The summed E-state index contributed by atoms with van der Waals surface area (Å²) in [5, 5.41) is 7.80. The number of rotatable bonds is 10. The summed E-state index contributed by atoms with van der Waals surface area (Å²) < 4.78 is 10.9. The third kappa shape index (κ3) is 7.66. The van der Waals surface area contributed by atoms with Crippen LogP contribution in [0, 0.1) is 13.8 Å². The molecule has 0 spiro atoms. The monoisotopic (exact) mass is 390 g/mol. The highest BCUT2D eigenvalue weighted by Gasteiger charge is 2.06. The van der Waals surface area contributed by atoms with Crippen molar-refractivity contribution in [3.8, 4) is 0 Å². The number of nitrogens with one attached hydrogen (secondary N) is 2. The van der Waals surface area contributed by atoms with Gasteiger partial charge in [-0.3, -0.25) is 4.99 Å². The van der Waals surface area contributed by atoms with Crippen LogP contribution in [0.2, 0.25) is 0 Å². The lowest BCUT2D eigenvalue weighted by atomic mass is 10.1. The van der Waals surface area contributed by atoms with Crippen LogP contribution in [0.15, 0.2) is 29.3 Å². The number of hydrogen-bond acceptors (Lipinski definition) is 5. The number of aliphatic imine (C=N–C) groups is 1. The number of nitrogens with zero attached hydrogens (tertiary/aromatic N) is 2. The lowest BCUT2D eigenvalue weighted by molar-refractivity contribution is 0.0453. The average Bonchev–Trinajstić information content (AvgIpc) is 2.99. The fraction of sp³-hybridized carbons (Fsp3) is 0.500. The summed E-state index contributed by atoms with van der Waals surface area (Å²) >= 11 is 1.72. The maximum atomic E-state index is 5.64. The van der Waals surface area contributed by atoms with E-state index < -0.39 is 0 Å². The second-order valence-electron chi connectivity index (χ2n) is 6.09. The minimum Gasteiger partial charge on any atom is -0.379 e. The van der Waals surface area contributed by atoms with Gasteiger partial charge in [0, 0.05) is 25.1 Å². The summed E-state index contributed by atoms with van der Waals surface area (Å²) in [6.45, 7) is 10.1. The van der Waals surface area contributed by atoms with Gasteiger partial charge in [0.25, 0.3) is 0 Å². The first-order valence-corrected chi connectivity index (χ1v) is 10.0. The number of thiazole rings is 1. The Kier molecular flexibility index (Phi) is 9.24. The second kappa shape index (κ2) is 11.7. The first-order chi connectivity index (χ1) is 13.1. The van der Waals surface area contributed by atoms with E-state index >= 15 is 0 Å². The van der Waals surface area contributed by atoms with Crippen LogP contribution in [0.25, 0.3) is 0 Å². The van der Waals surface area contributed by atoms with Crippen LogP contribution < -0.4 is 10.6 Å². The van der Waals surface area contributed by atoms with Crippen molar-refractivity contribution in [2.24, 2.45) is 4.99 Å². The topological polar surface area (TPSA) is 67.8 Å². The highest BCUT2D eigenvalue weighted by atomic mass is 32.1. The number of ether oxygens (including phenoxy) is 2. The molecule has 2 N–H and O–H groups in total. The molecule has 6 nitrogen and oxygen atoms in total. The zero-order valence-electron chi connectivity index (χ0n) is 16.7. The van der Waals surface area contributed by atoms with E-state index in [2.05, 4.69) is 44.9 Å². The summed E-state index contributed by atoms with van der Waals surface area (Å²) in [7, 11) is 1.78. The van der Waals surface area contributed by atoms with Gasteiger partial charge in [0.05, 0.1) is 37.1 Å². The molecule has 1 aromatic heterocycles. The highest BCUT2D eigenvalue weighted by molar-refractivity contribution is 7.11. The van der Waals surface area contributed by atoms with Crippen LogP contribution in [0.3, 0.4) is 0 Å². The van der Waals surface area contributed by atoms with Gasteiger partial charge in [-0.1, -0.05) is 24.3 Å².